The van der Waals surface area contributed by atoms with Crippen molar-refractivity contribution in [3.8, 4) is 5.75 Å². The normalized spacial score (nSPS) is 10.7. The van der Waals surface area contributed by atoms with Crippen LogP contribution >= 0.6 is 0 Å². The number of rotatable bonds is 6. The molecule has 0 aliphatic heterocycles. The van der Waals surface area contributed by atoms with Crippen molar-refractivity contribution >= 4 is 11.7 Å². The van der Waals surface area contributed by atoms with E-state index in [-0.39, 0.29) is 5.91 Å². The minimum atomic E-state index is -0.195. The number of carbonyl (C=O) groups excluding carboxylic acids is 1. The van der Waals surface area contributed by atoms with Crippen LogP contribution in [0, 0.1) is 5.92 Å². The maximum absolute atomic E-state index is 12.2. The maximum Gasteiger partial charge on any atom is 0.256 e. The fourth-order valence-corrected chi connectivity index (χ4v) is 1.79. The number of aryl methyl sites for hydroxylation is 1. The van der Waals surface area contributed by atoms with Gasteiger partial charge in [-0.1, -0.05) is 26.8 Å². The Morgan fingerprint density at radius 3 is 2.86 bits per heavy atom. The molecule has 1 aromatic heterocycles. The number of aromatic nitrogens is 2. The van der Waals surface area contributed by atoms with E-state index in [1.54, 1.807) is 12.1 Å². The monoisotopic (exact) mass is 287 g/mol. The molecule has 0 aliphatic rings. The molecular formula is C16H21N3O2. The fraction of sp³-hybridized carbons (Fsp3) is 0.375. The van der Waals surface area contributed by atoms with Crippen LogP contribution in [0.25, 0.3) is 0 Å². The SMILES string of the molecule is CCc1cc(NC(=O)c2cccc(OCC(C)C)c2)n[nH]1. The van der Waals surface area contributed by atoms with Crippen LogP contribution in [0.15, 0.2) is 30.3 Å². The van der Waals surface area contributed by atoms with Gasteiger partial charge in [0, 0.05) is 17.3 Å². The number of nitrogens with zero attached hydrogens (tertiary/aromatic N) is 1. The topological polar surface area (TPSA) is 67.0 Å². The third-order valence-electron chi connectivity index (χ3n) is 2.93. The summed E-state index contributed by atoms with van der Waals surface area (Å²) < 4.78 is 5.63. The summed E-state index contributed by atoms with van der Waals surface area (Å²) in [6.07, 6.45) is 0.849. The first kappa shape index (κ1) is 15.1. The van der Waals surface area contributed by atoms with Crippen molar-refractivity contribution in [3.63, 3.8) is 0 Å². The molecule has 0 unspecified atom stereocenters. The van der Waals surface area contributed by atoms with E-state index < -0.39 is 0 Å². The molecule has 0 aliphatic carbocycles. The number of amides is 1. The molecule has 2 aromatic rings. The molecule has 0 spiro atoms. The molecule has 0 saturated heterocycles. The summed E-state index contributed by atoms with van der Waals surface area (Å²) >= 11 is 0. The summed E-state index contributed by atoms with van der Waals surface area (Å²) in [4.78, 5) is 12.2. The largest absolute Gasteiger partial charge is 0.493 e. The van der Waals surface area contributed by atoms with Crippen LogP contribution in [-0.4, -0.2) is 22.7 Å². The Morgan fingerprint density at radius 1 is 1.38 bits per heavy atom. The zero-order chi connectivity index (χ0) is 15.2. The third-order valence-corrected chi connectivity index (χ3v) is 2.93. The van der Waals surface area contributed by atoms with Crippen LogP contribution in [0.3, 0.4) is 0 Å². The van der Waals surface area contributed by atoms with Crippen molar-refractivity contribution in [2.45, 2.75) is 27.2 Å². The predicted molar refractivity (Wildman–Crippen MR) is 82.7 cm³/mol. The maximum atomic E-state index is 12.2. The number of hydrogen-bond donors (Lipinski definition) is 2. The molecule has 0 saturated carbocycles. The van der Waals surface area contributed by atoms with Gasteiger partial charge >= 0.3 is 0 Å². The zero-order valence-corrected chi connectivity index (χ0v) is 12.6. The van der Waals surface area contributed by atoms with Gasteiger partial charge in [0.05, 0.1) is 6.61 Å². The zero-order valence-electron chi connectivity index (χ0n) is 12.6. The molecular weight excluding hydrogens is 266 g/mol. The number of benzene rings is 1. The lowest BCUT2D eigenvalue weighted by molar-refractivity contribution is 0.102. The van der Waals surface area contributed by atoms with Crippen molar-refractivity contribution in [1.82, 2.24) is 10.2 Å². The van der Waals surface area contributed by atoms with E-state index >= 15 is 0 Å². The first-order valence-electron chi connectivity index (χ1n) is 7.17. The Morgan fingerprint density at radius 2 is 2.19 bits per heavy atom. The second-order valence-corrected chi connectivity index (χ2v) is 5.32. The molecule has 2 N–H and O–H groups in total. The fourth-order valence-electron chi connectivity index (χ4n) is 1.79. The summed E-state index contributed by atoms with van der Waals surface area (Å²) in [5.41, 5.74) is 1.54. The molecule has 21 heavy (non-hydrogen) atoms. The van der Waals surface area contributed by atoms with Gasteiger partial charge in [-0.3, -0.25) is 9.89 Å². The lowest BCUT2D eigenvalue weighted by atomic mass is 10.2. The molecule has 1 heterocycles. The molecule has 0 fully saturated rings. The second kappa shape index (κ2) is 6.92. The van der Waals surface area contributed by atoms with Crippen LogP contribution < -0.4 is 10.1 Å². The summed E-state index contributed by atoms with van der Waals surface area (Å²) in [6.45, 7) is 6.82. The Hall–Kier alpha value is -2.30. The predicted octanol–water partition coefficient (Wildman–Crippen LogP) is 3.26. The van der Waals surface area contributed by atoms with Crippen LogP contribution in [0.5, 0.6) is 5.75 Å². The Bertz CT molecular complexity index is 605. The summed E-state index contributed by atoms with van der Waals surface area (Å²) in [7, 11) is 0. The number of aromatic amines is 1. The van der Waals surface area contributed by atoms with Gasteiger partial charge in [0.2, 0.25) is 0 Å². The van der Waals surface area contributed by atoms with E-state index in [1.165, 1.54) is 0 Å². The Labute approximate surface area is 124 Å². The van der Waals surface area contributed by atoms with Crippen LogP contribution in [-0.2, 0) is 6.42 Å². The van der Waals surface area contributed by atoms with Crippen LogP contribution in [0.4, 0.5) is 5.82 Å². The van der Waals surface area contributed by atoms with Gasteiger partial charge in [0.1, 0.15) is 5.75 Å². The molecule has 5 nitrogen and oxygen atoms in total. The highest BCUT2D eigenvalue weighted by Gasteiger charge is 2.09. The van der Waals surface area contributed by atoms with E-state index in [4.69, 9.17) is 4.74 Å². The number of nitrogens with one attached hydrogen (secondary N) is 2. The van der Waals surface area contributed by atoms with Crippen molar-refractivity contribution in [2.75, 3.05) is 11.9 Å². The molecule has 1 aromatic carbocycles. The lowest BCUT2D eigenvalue weighted by Gasteiger charge is -2.09. The number of anilines is 1. The highest BCUT2D eigenvalue weighted by molar-refractivity contribution is 6.04. The van der Waals surface area contributed by atoms with Gasteiger partial charge in [-0.2, -0.15) is 5.10 Å². The first-order chi connectivity index (χ1) is 10.1. The first-order valence-corrected chi connectivity index (χ1v) is 7.17. The quantitative estimate of drug-likeness (QED) is 0.857. The summed E-state index contributed by atoms with van der Waals surface area (Å²) in [5.74, 6) is 1.48. The lowest BCUT2D eigenvalue weighted by Crippen LogP contribution is -2.12. The molecule has 5 heteroatoms. The minimum absolute atomic E-state index is 0.195. The van der Waals surface area contributed by atoms with E-state index in [0.717, 1.165) is 12.1 Å². The Balaban J connectivity index is 2.03. The smallest absolute Gasteiger partial charge is 0.256 e. The molecule has 0 bridgehead atoms. The van der Waals surface area contributed by atoms with E-state index in [0.29, 0.717) is 29.7 Å². The molecule has 112 valence electrons. The summed E-state index contributed by atoms with van der Waals surface area (Å²) in [6, 6.07) is 8.99. The highest BCUT2D eigenvalue weighted by atomic mass is 16.5. The molecule has 1 amide bonds. The Kier molecular flexibility index (Phi) is 4.98. The van der Waals surface area contributed by atoms with Gasteiger partial charge in [-0.25, -0.2) is 0 Å². The summed E-state index contributed by atoms with van der Waals surface area (Å²) in [5, 5.41) is 9.68. The standard InChI is InChI=1S/C16H21N3O2/c1-4-13-9-15(19-18-13)17-16(20)12-6-5-7-14(8-12)21-10-11(2)3/h5-9,11H,4,10H2,1-3H3,(H2,17,18,19,20). The average molecular weight is 287 g/mol. The number of hydrogen-bond acceptors (Lipinski definition) is 3. The van der Waals surface area contributed by atoms with Gasteiger partial charge in [-0.05, 0) is 30.5 Å². The van der Waals surface area contributed by atoms with Gasteiger partial charge in [0.25, 0.3) is 5.91 Å². The van der Waals surface area contributed by atoms with Crippen molar-refractivity contribution in [2.24, 2.45) is 5.92 Å². The van der Waals surface area contributed by atoms with E-state index in [2.05, 4.69) is 29.4 Å². The average Bonchev–Trinajstić information content (AvgIpc) is 2.93. The van der Waals surface area contributed by atoms with Gasteiger partial charge < -0.3 is 10.1 Å². The van der Waals surface area contributed by atoms with Crippen molar-refractivity contribution in [1.29, 1.82) is 0 Å². The van der Waals surface area contributed by atoms with Crippen molar-refractivity contribution in [3.05, 3.63) is 41.6 Å². The molecule has 0 radical (unpaired) electrons. The second-order valence-electron chi connectivity index (χ2n) is 5.32. The van der Waals surface area contributed by atoms with Crippen LogP contribution in [0.1, 0.15) is 36.8 Å². The van der Waals surface area contributed by atoms with E-state index in [1.807, 2.05) is 25.1 Å². The molecule has 2 rings (SSSR count). The number of H-pyrrole nitrogens is 1. The highest BCUT2D eigenvalue weighted by Crippen LogP contribution is 2.16. The van der Waals surface area contributed by atoms with Gasteiger partial charge in [-0.15, -0.1) is 0 Å². The number of ether oxygens (including phenoxy) is 1. The van der Waals surface area contributed by atoms with Gasteiger partial charge in [0.15, 0.2) is 5.82 Å². The third kappa shape index (κ3) is 4.34. The van der Waals surface area contributed by atoms with Crippen LogP contribution in [0.2, 0.25) is 0 Å². The van der Waals surface area contributed by atoms with E-state index in [9.17, 15) is 4.79 Å². The number of carbonyl (C=O) groups is 1. The van der Waals surface area contributed by atoms with Crippen molar-refractivity contribution < 1.29 is 9.53 Å². The molecule has 0 atom stereocenters. The minimum Gasteiger partial charge on any atom is -0.493 e.